The number of likely N-dealkylation sites (N-methyl/N-ethyl adjacent to an activating group) is 1. The van der Waals surface area contributed by atoms with E-state index in [0.29, 0.717) is 6.54 Å². The molecule has 0 aliphatic heterocycles. The van der Waals surface area contributed by atoms with E-state index in [-0.39, 0.29) is 5.91 Å². The molecule has 0 spiro atoms. The van der Waals surface area contributed by atoms with Crippen LogP contribution in [0.25, 0.3) is 10.2 Å². The van der Waals surface area contributed by atoms with Crippen molar-refractivity contribution in [2.24, 2.45) is 0 Å². The number of hydrogen-bond donors (Lipinski definition) is 1. The van der Waals surface area contributed by atoms with Gasteiger partial charge in [-0.3, -0.25) is 9.69 Å². The minimum atomic E-state index is 0.0257. The summed E-state index contributed by atoms with van der Waals surface area (Å²) in [6.45, 7) is 7.67. The van der Waals surface area contributed by atoms with Crippen LogP contribution in [-0.2, 0) is 0 Å². The van der Waals surface area contributed by atoms with Crippen LogP contribution < -0.4 is 9.80 Å². The summed E-state index contributed by atoms with van der Waals surface area (Å²) in [7, 11) is 4.20. The first kappa shape index (κ1) is 18.5. The Bertz CT molecular complexity index is 946. The lowest BCUT2D eigenvalue weighted by Gasteiger charge is -2.21. The first-order valence-corrected chi connectivity index (χ1v) is 9.73. The van der Waals surface area contributed by atoms with E-state index in [2.05, 4.69) is 40.1 Å². The third-order valence-electron chi connectivity index (χ3n) is 4.51. The van der Waals surface area contributed by atoms with Crippen molar-refractivity contribution in [3.63, 3.8) is 0 Å². The molecule has 136 valence electrons. The zero-order valence-corrected chi connectivity index (χ0v) is 16.9. The molecule has 1 aromatic heterocycles. The van der Waals surface area contributed by atoms with Gasteiger partial charge in [0.1, 0.15) is 0 Å². The number of quaternary nitrogens is 1. The number of aryl methyl sites for hydroxylation is 3. The summed E-state index contributed by atoms with van der Waals surface area (Å²) in [5.74, 6) is 0.0257. The molecule has 0 radical (unpaired) electrons. The van der Waals surface area contributed by atoms with Crippen LogP contribution in [0.3, 0.4) is 0 Å². The van der Waals surface area contributed by atoms with Crippen molar-refractivity contribution in [2.75, 3.05) is 32.1 Å². The van der Waals surface area contributed by atoms with Crippen LogP contribution in [-0.4, -0.2) is 38.1 Å². The second-order valence-electron chi connectivity index (χ2n) is 7.15. The van der Waals surface area contributed by atoms with Gasteiger partial charge in [-0.05, 0) is 49.6 Å². The molecule has 1 heterocycles. The number of anilines is 1. The van der Waals surface area contributed by atoms with Gasteiger partial charge >= 0.3 is 0 Å². The summed E-state index contributed by atoms with van der Waals surface area (Å²) >= 11 is 1.60. The van der Waals surface area contributed by atoms with E-state index in [1.807, 2.05) is 36.1 Å². The number of nitrogens with one attached hydrogen (secondary N) is 1. The standard InChI is InChI=1S/C21H25N3OS/c1-14-12-16(3)19-18(13-14)26-21(22-19)24(11-10-23(4)5)20(25)17-9-7-6-8-15(17)2/h6-9,12-13H,10-11H2,1-5H3/p+1. The maximum Gasteiger partial charge on any atom is 0.260 e. The lowest BCUT2D eigenvalue weighted by molar-refractivity contribution is -0.856. The highest BCUT2D eigenvalue weighted by atomic mass is 32.1. The molecule has 0 atom stereocenters. The summed E-state index contributed by atoms with van der Waals surface area (Å²) in [5, 5.41) is 0.781. The number of benzene rings is 2. The van der Waals surface area contributed by atoms with Gasteiger partial charge in [0.2, 0.25) is 0 Å². The van der Waals surface area contributed by atoms with Crippen LogP contribution >= 0.6 is 11.3 Å². The Balaban J connectivity index is 2.05. The largest absolute Gasteiger partial charge is 0.338 e. The Morgan fingerprint density at radius 1 is 1.12 bits per heavy atom. The van der Waals surface area contributed by atoms with Crippen LogP contribution in [0.1, 0.15) is 27.0 Å². The molecule has 0 saturated carbocycles. The maximum atomic E-state index is 13.3. The lowest BCUT2D eigenvalue weighted by Crippen LogP contribution is -3.06. The molecule has 1 amide bonds. The van der Waals surface area contributed by atoms with Crippen molar-refractivity contribution in [3.05, 3.63) is 58.7 Å². The van der Waals surface area contributed by atoms with Crippen LogP contribution in [0.5, 0.6) is 0 Å². The molecule has 3 rings (SSSR count). The van der Waals surface area contributed by atoms with E-state index >= 15 is 0 Å². The number of thiazole rings is 1. The maximum absolute atomic E-state index is 13.3. The molecule has 1 N–H and O–H groups in total. The molecule has 2 aromatic carbocycles. The zero-order valence-electron chi connectivity index (χ0n) is 16.1. The fourth-order valence-electron chi connectivity index (χ4n) is 3.05. The van der Waals surface area contributed by atoms with Gasteiger partial charge in [0.05, 0.1) is 37.4 Å². The minimum Gasteiger partial charge on any atom is -0.338 e. The Morgan fingerprint density at radius 3 is 2.54 bits per heavy atom. The zero-order chi connectivity index (χ0) is 18.8. The predicted octanol–water partition coefficient (Wildman–Crippen LogP) is 3.01. The third kappa shape index (κ3) is 3.79. The summed E-state index contributed by atoms with van der Waals surface area (Å²) in [4.78, 5) is 21.3. The molecule has 0 aliphatic rings. The Labute approximate surface area is 159 Å². The van der Waals surface area contributed by atoms with Crippen molar-refractivity contribution in [3.8, 4) is 0 Å². The minimum absolute atomic E-state index is 0.0257. The lowest BCUT2D eigenvalue weighted by atomic mass is 10.1. The van der Waals surface area contributed by atoms with Crippen molar-refractivity contribution in [2.45, 2.75) is 20.8 Å². The van der Waals surface area contributed by atoms with Crippen LogP contribution in [0, 0.1) is 20.8 Å². The number of carbonyl (C=O) groups excluding carboxylic acids is 1. The van der Waals surface area contributed by atoms with E-state index in [0.717, 1.165) is 38.6 Å². The van der Waals surface area contributed by atoms with Crippen molar-refractivity contribution >= 4 is 32.6 Å². The van der Waals surface area contributed by atoms with Gasteiger partial charge in [-0.2, -0.15) is 0 Å². The second kappa shape index (κ2) is 7.56. The van der Waals surface area contributed by atoms with Gasteiger partial charge < -0.3 is 4.90 Å². The number of fused-ring (bicyclic) bond motifs is 1. The van der Waals surface area contributed by atoms with Gasteiger partial charge in [0, 0.05) is 5.56 Å². The van der Waals surface area contributed by atoms with Crippen LogP contribution in [0.2, 0.25) is 0 Å². The SMILES string of the molecule is Cc1cc(C)c2nc(N(CC[NH+](C)C)C(=O)c3ccccc3C)sc2c1. The normalized spacial score (nSPS) is 11.3. The number of carbonyl (C=O) groups is 1. The predicted molar refractivity (Wildman–Crippen MR) is 110 cm³/mol. The molecular weight excluding hydrogens is 342 g/mol. The van der Waals surface area contributed by atoms with Crippen molar-refractivity contribution in [1.29, 1.82) is 0 Å². The highest BCUT2D eigenvalue weighted by Gasteiger charge is 2.23. The second-order valence-corrected chi connectivity index (χ2v) is 8.16. The summed E-state index contributed by atoms with van der Waals surface area (Å²) in [5.41, 5.74) is 5.11. The Hall–Kier alpha value is -2.24. The van der Waals surface area contributed by atoms with Gasteiger partial charge in [-0.25, -0.2) is 4.98 Å². The Morgan fingerprint density at radius 2 is 1.85 bits per heavy atom. The Kier molecular flexibility index (Phi) is 5.39. The van der Waals surface area contributed by atoms with Gasteiger partial charge in [0.15, 0.2) is 5.13 Å². The summed E-state index contributed by atoms with van der Waals surface area (Å²) in [6, 6.07) is 12.1. The molecular formula is C21H26N3OS+. The first-order chi connectivity index (χ1) is 12.4. The number of amides is 1. The van der Waals surface area contributed by atoms with Gasteiger partial charge in [-0.1, -0.05) is 35.6 Å². The van der Waals surface area contributed by atoms with Gasteiger partial charge in [-0.15, -0.1) is 0 Å². The monoisotopic (exact) mass is 368 g/mol. The number of hydrogen-bond acceptors (Lipinski definition) is 3. The molecule has 4 nitrogen and oxygen atoms in total. The highest BCUT2D eigenvalue weighted by Crippen LogP contribution is 2.32. The van der Waals surface area contributed by atoms with E-state index < -0.39 is 0 Å². The topological polar surface area (TPSA) is 37.6 Å². The average Bonchev–Trinajstić information content (AvgIpc) is 2.99. The average molecular weight is 369 g/mol. The molecule has 0 fully saturated rings. The van der Waals surface area contributed by atoms with Crippen LogP contribution in [0.15, 0.2) is 36.4 Å². The van der Waals surface area contributed by atoms with Crippen molar-refractivity contribution < 1.29 is 9.69 Å². The van der Waals surface area contributed by atoms with Gasteiger partial charge in [0.25, 0.3) is 5.91 Å². The summed E-state index contributed by atoms with van der Waals surface area (Å²) in [6.07, 6.45) is 0. The molecule has 0 unspecified atom stereocenters. The first-order valence-electron chi connectivity index (χ1n) is 8.91. The smallest absolute Gasteiger partial charge is 0.260 e. The third-order valence-corrected chi connectivity index (χ3v) is 5.53. The number of aromatic nitrogens is 1. The quantitative estimate of drug-likeness (QED) is 0.752. The molecule has 5 heteroatoms. The van der Waals surface area contributed by atoms with E-state index in [1.54, 1.807) is 11.3 Å². The van der Waals surface area contributed by atoms with E-state index in [1.165, 1.54) is 10.5 Å². The highest BCUT2D eigenvalue weighted by molar-refractivity contribution is 7.22. The van der Waals surface area contributed by atoms with E-state index in [9.17, 15) is 4.79 Å². The fraction of sp³-hybridized carbons (Fsp3) is 0.333. The molecule has 26 heavy (non-hydrogen) atoms. The molecule has 0 aliphatic carbocycles. The summed E-state index contributed by atoms with van der Waals surface area (Å²) < 4.78 is 1.14. The number of rotatable bonds is 5. The van der Waals surface area contributed by atoms with E-state index in [4.69, 9.17) is 4.98 Å². The van der Waals surface area contributed by atoms with Crippen molar-refractivity contribution in [1.82, 2.24) is 4.98 Å². The fourth-order valence-corrected chi connectivity index (χ4v) is 4.22. The molecule has 3 aromatic rings. The molecule has 0 saturated heterocycles. The number of nitrogens with zero attached hydrogens (tertiary/aromatic N) is 2. The van der Waals surface area contributed by atoms with Crippen LogP contribution in [0.4, 0.5) is 5.13 Å². The molecule has 0 bridgehead atoms.